The van der Waals surface area contributed by atoms with Gasteiger partial charge in [-0.25, -0.2) is 0 Å². The molecule has 0 aromatic rings. The van der Waals surface area contributed by atoms with Gasteiger partial charge in [-0.2, -0.15) is 0 Å². The highest BCUT2D eigenvalue weighted by Gasteiger charge is 2.52. The highest BCUT2D eigenvalue weighted by Crippen LogP contribution is 2.59. The maximum absolute atomic E-state index is 6.63. The molecule has 2 bridgehead atoms. The van der Waals surface area contributed by atoms with Gasteiger partial charge in [-0.15, -0.1) is 11.6 Å². The van der Waals surface area contributed by atoms with Crippen LogP contribution in [0.1, 0.15) is 77.0 Å². The van der Waals surface area contributed by atoms with Gasteiger partial charge < -0.3 is 4.74 Å². The van der Waals surface area contributed by atoms with Crippen molar-refractivity contribution in [2.45, 2.75) is 88.8 Å². The van der Waals surface area contributed by atoms with E-state index in [9.17, 15) is 0 Å². The quantitative estimate of drug-likeness (QED) is 0.642. The van der Waals surface area contributed by atoms with Crippen LogP contribution in [0.25, 0.3) is 0 Å². The molecule has 0 amide bonds. The van der Waals surface area contributed by atoms with Gasteiger partial charge in [-0.05, 0) is 68.6 Å². The van der Waals surface area contributed by atoms with Crippen LogP contribution in [-0.4, -0.2) is 17.6 Å². The molecule has 1 aliphatic heterocycles. The topological polar surface area (TPSA) is 9.23 Å². The van der Waals surface area contributed by atoms with Gasteiger partial charge in [-0.3, -0.25) is 0 Å². The first kappa shape index (κ1) is 13.9. The van der Waals surface area contributed by atoms with Crippen molar-refractivity contribution in [2.24, 2.45) is 17.3 Å². The van der Waals surface area contributed by atoms with E-state index in [-0.39, 0.29) is 5.60 Å². The summed E-state index contributed by atoms with van der Waals surface area (Å²) in [6.45, 7) is 0. The summed E-state index contributed by atoms with van der Waals surface area (Å²) < 4.78 is 6.63. The maximum Gasteiger partial charge on any atom is 0.0687 e. The average molecular weight is 297 g/mol. The lowest BCUT2D eigenvalue weighted by Crippen LogP contribution is -2.36. The minimum atomic E-state index is 0.286. The van der Waals surface area contributed by atoms with Gasteiger partial charge in [0.15, 0.2) is 0 Å². The van der Waals surface area contributed by atoms with E-state index in [1.54, 1.807) is 0 Å². The molecule has 4 aliphatic rings. The minimum absolute atomic E-state index is 0.286. The van der Waals surface area contributed by atoms with Gasteiger partial charge in [0.2, 0.25) is 0 Å². The Morgan fingerprint density at radius 1 is 1.00 bits per heavy atom. The summed E-state index contributed by atoms with van der Waals surface area (Å²) in [5, 5.41) is 0. The number of rotatable bonds is 3. The smallest absolute Gasteiger partial charge is 0.0687 e. The normalized spacial score (nSPS) is 46.4. The molecule has 3 aliphatic carbocycles. The molecule has 1 saturated heterocycles. The average Bonchev–Trinajstić information content (AvgIpc) is 3.16. The van der Waals surface area contributed by atoms with Crippen LogP contribution in [0.15, 0.2) is 0 Å². The van der Waals surface area contributed by atoms with Crippen molar-refractivity contribution >= 4 is 11.6 Å². The molecule has 0 N–H and O–H groups in total. The molecule has 4 rings (SSSR count). The van der Waals surface area contributed by atoms with E-state index < -0.39 is 0 Å². The predicted molar refractivity (Wildman–Crippen MR) is 83.1 cm³/mol. The Kier molecular flexibility index (Phi) is 3.58. The Morgan fingerprint density at radius 3 is 2.50 bits per heavy atom. The van der Waals surface area contributed by atoms with Crippen molar-refractivity contribution < 1.29 is 4.74 Å². The summed E-state index contributed by atoms with van der Waals surface area (Å²) in [5.41, 5.74) is 0.726. The maximum atomic E-state index is 6.63. The highest BCUT2D eigenvalue weighted by atomic mass is 35.5. The van der Waals surface area contributed by atoms with Crippen LogP contribution in [0.4, 0.5) is 0 Å². The number of fused-ring (bicyclic) bond motifs is 2. The molecular formula is C18H29ClO. The van der Waals surface area contributed by atoms with Crippen molar-refractivity contribution in [3.8, 4) is 0 Å². The van der Waals surface area contributed by atoms with E-state index in [0.29, 0.717) is 11.5 Å². The number of hydrogen-bond donors (Lipinski definition) is 0. The lowest BCUT2D eigenvalue weighted by molar-refractivity contribution is -0.0797. The van der Waals surface area contributed by atoms with Gasteiger partial charge in [0.05, 0.1) is 11.7 Å². The second kappa shape index (κ2) is 5.16. The highest BCUT2D eigenvalue weighted by molar-refractivity contribution is 6.18. The molecule has 1 heterocycles. The fourth-order valence-corrected chi connectivity index (χ4v) is 6.52. The van der Waals surface area contributed by atoms with Crippen LogP contribution in [-0.2, 0) is 4.74 Å². The van der Waals surface area contributed by atoms with Crippen molar-refractivity contribution in [2.75, 3.05) is 5.88 Å². The number of alkyl halides is 1. The molecule has 4 fully saturated rings. The van der Waals surface area contributed by atoms with E-state index in [1.807, 2.05) is 0 Å². The number of hydrogen-bond acceptors (Lipinski definition) is 1. The van der Waals surface area contributed by atoms with Gasteiger partial charge in [0, 0.05) is 5.88 Å². The summed E-state index contributed by atoms with van der Waals surface area (Å²) in [6.07, 6.45) is 17.0. The fourth-order valence-electron chi connectivity index (χ4n) is 6.08. The second-order valence-corrected chi connectivity index (χ2v) is 8.57. The van der Waals surface area contributed by atoms with Crippen LogP contribution < -0.4 is 0 Å². The van der Waals surface area contributed by atoms with Gasteiger partial charge >= 0.3 is 0 Å². The predicted octanol–water partition coefficient (Wildman–Crippen LogP) is 5.30. The third kappa shape index (κ3) is 2.24. The first-order valence-electron chi connectivity index (χ1n) is 8.97. The lowest BCUT2D eigenvalue weighted by Gasteiger charge is -2.39. The van der Waals surface area contributed by atoms with E-state index >= 15 is 0 Å². The molecule has 4 atom stereocenters. The Morgan fingerprint density at radius 2 is 1.85 bits per heavy atom. The third-order valence-electron chi connectivity index (χ3n) is 7.11. The third-order valence-corrected chi connectivity index (χ3v) is 7.64. The van der Waals surface area contributed by atoms with Crippen LogP contribution in [0.5, 0.6) is 0 Å². The number of ether oxygens (including phenoxy) is 1. The van der Waals surface area contributed by atoms with Gasteiger partial charge in [0.1, 0.15) is 0 Å². The van der Waals surface area contributed by atoms with E-state index in [2.05, 4.69) is 0 Å². The molecule has 0 radical (unpaired) electrons. The Labute approximate surface area is 128 Å². The zero-order valence-electron chi connectivity index (χ0n) is 12.7. The number of halogens is 1. The standard InChI is InChI=1S/C18H29ClO/c19-13-17(11-14-4-5-15(17)10-14)12-16-6-9-18(20-16)7-2-1-3-8-18/h14-16H,1-13H2. The molecular weight excluding hydrogens is 268 g/mol. The summed E-state index contributed by atoms with van der Waals surface area (Å²) in [4.78, 5) is 0. The molecule has 0 aromatic heterocycles. The van der Waals surface area contributed by atoms with Crippen molar-refractivity contribution in [1.82, 2.24) is 0 Å². The molecule has 1 nitrogen and oxygen atoms in total. The fraction of sp³-hybridized carbons (Fsp3) is 1.00. The molecule has 1 spiro atoms. The molecule has 4 unspecified atom stereocenters. The Hall–Kier alpha value is 0.250. The summed E-state index contributed by atoms with van der Waals surface area (Å²) in [6, 6.07) is 0. The Balaban J connectivity index is 1.42. The first-order valence-corrected chi connectivity index (χ1v) is 9.51. The van der Waals surface area contributed by atoms with E-state index in [4.69, 9.17) is 16.3 Å². The minimum Gasteiger partial charge on any atom is -0.372 e. The molecule has 20 heavy (non-hydrogen) atoms. The van der Waals surface area contributed by atoms with E-state index in [1.165, 1.54) is 77.0 Å². The van der Waals surface area contributed by atoms with Crippen LogP contribution >= 0.6 is 11.6 Å². The zero-order valence-corrected chi connectivity index (χ0v) is 13.5. The molecule has 0 aromatic carbocycles. The molecule has 3 saturated carbocycles. The van der Waals surface area contributed by atoms with Gasteiger partial charge in [0.25, 0.3) is 0 Å². The van der Waals surface area contributed by atoms with Crippen LogP contribution in [0, 0.1) is 17.3 Å². The monoisotopic (exact) mass is 296 g/mol. The summed E-state index contributed by atoms with van der Waals surface area (Å²) >= 11 is 6.46. The zero-order chi connectivity index (χ0) is 13.6. The van der Waals surface area contributed by atoms with Crippen molar-refractivity contribution in [3.05, 3.63) is 0 Å². The first-order chi connectivity index (χ1) is 9.74. The Bertz CT molecular complexity index is 362. The second-order valence-electron chi connectivity index (χ2n) is 8.30. The lowest BCUT2D eigenvalue weighted by atomic mass is 9.71. The van der Waals surface area contributed by atoms with E-state index in [0.717, 1.165) is 17.7 Å². The van der Waals surface area contributed by atoms with Crippen molar-refractivity contribution in [3.63, 3.8) is 0 Å². The van der Waals surface area contributed by atoms with Crippen molar-refractivity contribution in [1.29, 1.82) is 0 Å². The molecule has 114 valence electrons. The van der Waals surface area contributed by atoms with Crippen LogP contribution in [0.3, 0.4) is 0 Å². The summed E-state index contributed by atoms with van der Waals surface area (Å²) in [7, 11) is 0. The molecule has 2 heteroatoms. The largest absolute Gasteiger partial charge is 0.372 e. The summed E-state index contributed by atoms with van der Waals surface area (Å²) in [5.74, 6) is 2.78. The van der Waals surface area contributed by atoms with Crippen LogP contribution in [0.2, 0.25) is 0 Å². The SMILES string of the molecule is ClCC1(CC2CCC3(CCCCC3)O2)CC2CCC1C2. The van der Waals surface area contributed by atoms with Gasteiger partial charge in [-0.1, -0.05) is 25.7 Å².